The third-order valence-corrected chi connectivity index (χ3v) is 9.25. The molecule has 1 saturated carbocycles. The molecule has 0 aliphatic heterocycles. The zero-order chi connectivity index (χ0) is 26.2. The lowest BCUT2D eigenvalue weighted by atomic mass is 10.0. The first-order chi connectivity index (χ1) is 18.5. The van der Waals surface area contributed by atoms with Gasteiger partial charge in [0.2, 0.25) is 0 Å². The minimum Gasteiger partial charge on any atom is -0.0533 e. The molecule has 0 amide bonds. The SMILES string of the molecule is C1CCCCCCCCCCCCCCCCCCCCCCCCCCCCCCCCCCCC1. The largest absolute Gasteiger partial charge is 0.0533 e. The fourth-order valence-corrected chi connectivity index (χ4v) is 6.54. The van der Waals surface area contributed by atoms with E-state index in [-0.39, 0.29) is 0 Å². The second-order valence-electron chi connectivity index (χ2n) is 13.1. The van der Waals surface area contributed by atoms with E-state index in [0.29, 0.717) is 0 Å². The molecule has 1 rings (SSSR count). The van der Waals surface area contributed by atoms with Gasteiger partial charge >= 0.3 is 0 Å². The maximum atomic E-state index is 1.50. The summed E-state index contributed by atoms with van der Waals surface area (Å²) < 4.78 is 0. The predicted molar refractivity (Wildman–Crippen MR) is 171 cm³/mol. The summed E-state index contributed by atoms with van der Waals surface area (Å²) in [5.41, 5.74) is 0. The van der Waals surface area contributed by atoms with Crippen molar-refractivity contribution < 1.29 is 0 Å². The third-order valence-electron chi connectivity index (χ3n) is 9.25. The molecule has 0 saturated heterocycles. The van der Waals surface area contributed by atoms with Gasteiger partial charge in [-0.05, 0) is 0 Å². The molecule has 0 aromatic carbocycles. The Bertz CT molecular complexity index is 193. The van der Waals surface area contributed by atoms with Gasteiger partial charge in [0.05, 0.1) is 0 Å². The molecule has 0 heterocycles. The van der Waals surface area contributed by atoms with Gasteiger partial charge in [0.1, 0.15) is 0 Å². The first-order valence-corrected chi connectivity index (χ1v) is 18.5. The molecule has 222 valence electrons. The monoisotopic (exact) mass is 519 g/mol. The van der Waals surface area contributed by atoms with Gasteiger partial charge in [-0.15, -0.1) is 0 Å². The van der Waals surface area contributed by atoms with Crippen LogP contribution in [0.5, 0.6) is 0 Å². The number of hydrogen-bond donors (Lipinski definition) is 0. The third kappa shape index (κ3) is 30.4. The van der Waals surface area contributed by atoms with Crippen molar-refractivity contribution in [3.8, 4) is 0 Å². The van der Waals surface area contributed by atoms with Crippen LogP contribution in [0, 0.1) is 0 Å². The Morgan fingerprint density at radius 2 is 0.0811 bits per heavy atom. The molecule has 0 nitrogen and oxygen atoms in total. The summed E-state index contributed by atoms with van der Waals surface area (Å²) in [6, 6.07) is 0. The van der Waals surface area contributed by atoms with Crippen LogP contribution in [0.1, 0.15) is 238 Å². The van der Waals surface area contributed by atoms with Gasteiger partial charge in [0, 0.05) is 0 Å². The smallest absolute Gasteiger partial charge is 0.0533 e. The van der Waals surface area contributed by atoms with Gasteiger partial charge in [-0.1, -0.05) is 238 Å². The Labute approximate surface area is 237 Å². The molecule has 1 aliphatic rings. The lowest BCUT2D eigenvalue weighted by molar-refractivity contribution is 0.511. The number of rotatable bonds is 0. The zero-order valence-electron chi connectivity index (χ0n) is 26.2. The van der Waals surface area contributed by atoms with E-state index in [1.54, 1.807) is 0 Å². The molecule has 0 aromatic heterocycles. The molecule has 0 radical (unpaired) electrons. The van der Waals surface area contributed by atoms with Crippen LogP contribution < -0.4 is 0 Å². The molecule has 0 aromatic rings. The van der Waals surface area contributed by atoms with E-state index in [4.69, 9.17) is 0 Å². The van der Waals surface area contributed by atoms with Crippen LogP contribution in [0.15, 0.2) is 0 Å². The fourth-order valence-electron chi connectivity index (χ4n) is 6.54. The van der Waals surface area contributed by atoms with Crippen LogP contribution in [0.4, 0.5) is 0 Å². The maximum Gasteiger partial charge on any atom is -0.0533 e. The molecule has 0 heteroatoms. The minimum absolute atomic E-state index is 1.50. The average molecular weight is 519 g/mol. The molecule has 0 N–H and O–H groups in total. The Morgan fingerprint density at radius 3 is 0.108 bits per heavy atom. The van der Waals surface area contributed by atoms with Crippen molar-refractivity contribution in [1.82, 2.24) is 0 Å². The van der Waals surface area contributed by atoms with Gasteiger partial charge in [-0.3, -0.25) is 0 Å². The Balaban J connectivity index is 2.00. The van der Waals surface area contributed by atoms with E-state index < -0.39 is 0 Å². The fraction of sp³-hybridized carbons (Fsp3) is 1.00. The van der Waals surface area contributed by atoms with Gasteiger partial charge in [0.15, 0.2) is 0 Å². The summed E-state index contributed by atoms with van der Waals surface area (Å²) in [6.45, 7) is 0. The summed E-state index contributed by atoms with van der Waals surface area (Å²) in [6.07, 6.45) is 55.5. The normalized spacial score (nSPS) is 24.0. The van der Waals surface area contributed by atoms with Gasteiger partial charge < -0.3 is 0 Å². The second kappa shape index (κ2) is 32.2. The predicted octanol–water partition coefficient (Wildman–Crippen LogP) is 14.4. The van der Waals surface area contributed by atoms with E-state index in [1.807, 2.05) is 0 Å². The van der Waals surface area contributed by atoms with Gasteiger partial charge in [-0.25, -0.2) is 0 Å². The Kier molecular flexibility index (Phi) is 30.5. The highest BCUT2D eigenvalue weighted by atomic mass is 14.0. The van der Waals surface area contributed by atoms with Crippen molar-refractivity contribution >= 4 is 0 Å². The minimum atomic E-state index is 1.50. The highest BCUT2D eigenvalue weighted by Crippen LogP contribution is 2.18. The van der Waals surface area contributed by atoms with E-state index in [9.17, 15) is 0 Å². The van der Waals surface area contributed by atoms with Crippen molar-refractivity contribution in [2.45, 2.75) is 238 Å². The van der Waals surface area contributed by atoms with Crippen LogP contribution >= 0.6 is 0 Å². The first kappa shape index (κ1) is 35.0. The molecule has 37 heavy (non-hydrogen) atoms. The molecule has 0 atom stereocenters. The first-order valence-electron chi connectivity index (χ1n) is 18.5. The quantitative estimate of drug-likeness (QED) is 0.299. The Hall–Kier alpha value is 0. The van der Waals surface area contributed by atoms with Gasteiger partial charge in [0.25, 0.3) is 0 Å². The second-order valence-corrected chi connectivity index (χ2v) is 13.1. The molecule has 1 fully saturated rings. The molecule has 0 unspecified atom stereocenters. The topological polar surface area (TPSA) is 0 Å². The van der Waals surface area contributed by atoms with E-state index >= 15 is 0 Å². The van der Waals surface area contributed by atoms with Crippen LogP contribution in [-0.2, 0) is 0 Å². The zero-order valence-corrected chi connectivity index (χ0v) is 26.2. The standard InChI is InChI=1S/C37H74/c1-2-4-6-8-10-12-14-16-18-20-22-24-26-28-30-32-34-36-37-35-33-31-29-27-25-23-21-19-17-15-13-11-9-7-5-3-1/h1-37H2. The molecular formula is C37H74. The maximum absolute atomic E-state index is 1.50. The van der Waals surface area contributed by atoms with Crippen molar-refractivity contribution in [1.29, 1.82) is 0 Å². The van der Waals surface area contributed by atoms with Crippen molar-refractivity contribution in [2.24, 2.45) is 0 Å². The van der Waals surface area contributed by atoms with Gasteiger partial charge in [-0.2, -0.15) is 0 Å². The molecular weight excluding hydrogens is 444 g/mol. The van der Waals surface area contributed by atoms with Crippen molar-refractivity contribution in [3.05, 3.63) is 0 Å². The van der Waals surface area contributed by atoms with Crippen LogP contribution in [0.2, 0.25) is 0 Å². The van der Waals surface area contributed by atoms with Crippen molar-refractivity contribution in [2.75, 3.05) is 0 Å². The molecule has 0 bridgehead atoms. The molecule has 1 aliphatic carbocycles. The summed E-state index contributed by atoms with van der Waals surface area (Å²) in [4.78, 5) is 0. The van der Waals surface area contributed by atoms with E-state index in [0.717, 1.165) is 0 Å². The summed E-state index contributed by atoms with van der Waals surface area (Å²) in [5.74, 6) is 0. The van der Waals surface area contributed by atoms with Crippen LogP contribution in [-0.4, -0.2) is 0 Å². The Morgan fingerprint density at radius 1 is 0.0541 bits per heavy atom. The lowest BCUT2D eigenvalue weighted by Crippen LogP contribution is -1.85. The van der Waals surface area contributed by atoms with Crippen LogP contribution in [0.25, 0.3) is 0 Å². The summed E-state index contributed by atoms with van der Waals surface area (Å²) in [5, 5.41) is 0. The summed E-state index contributed by atoms with van der Waals surface area (Å²) >= 11 is 0. The summed E-state index contributed by atoms with van der Waals surface area (Å²) in [7, 11) is 0. The lowest BCUT2D eigenvalue weighted by Gasteiger charge is -2.05. The highest BCUT2D eigenvalue weighted by Gasteiger charge is 1.98. The van der Waals surface area contributed by atoms with E-state index in [2.05, 4.69) is 0 Å². The number of hydrogen-bond acceptors (Lipinski definition) is 0. The highest BCUT2D eigenvalue weighted by molar-refractivity contribution is 4.54. The molecule has 0 spiro atoms. The average Bonchev–Trinajstić information content (AvgIpc) is 2.91. The van der Waals surface area contributed by atoms with E-state index in [1.165, 1.54) is 238 Å². The van der Waals surface area contributed by atoms with Crippen LogP contribution in [0.3, 0.4) is 0 Å². The van der Waals surface area contributed by atoms with Crippen molar-refractivity contribution in [3.63, 3.8) is 0 Å².